The van der Waals surface area contributed by atoms with Gasteiger partial charge in [-0.15, -0.1) is 0 Å². The second-order valence-corrected chi connectivity index (χ2v) is 5.15. The van der Waals surface area contributed by atoms with Crippen molar-refractivity contribution in [3.05, 3.63) is 35.4 Å². The standard InChI is InChI=1S/C15H23N3O2/c1-11(2)9-18-14(19)7-8-17-10-12-5-3-4-6-13(12)15(16)20/h3-6,11,17H,7-10H2,1-2H3,(H2,16,20)(H,18,19). The fraction of sp³-hybridized carbons (Fsp3) is 0.467. The molecular weight excluding hydrogens is 254 g/mol. The molecule has 0 aromatic heterocycles. The molecule has 0 spiro atoms. The minimum Gasteiger partial charge on any atom is -0.366 e. The Bertz CT molecular complexity index is 458. The summed E-state index contributed by atoms with van der Waals surface area (Å²) in [7, 11) is 0. The van der Waals surface area contributed by atoms with E-state index in [4.69, 9.17) is 5.73 Å². The summed E-state index contributed by atoms with van der Waals surface area (Å²) in [4.78, 5) is 22.8. The van der Waals surface area contributed by atoms with Crippen molar-refractivity contribution in [1.82, 2.24) is 10.6 Å². The van der Waals surface area contributed by atoms with Gasteiger partial charge in [-0.1, -0.05) is 32.0 Å². The van der Waals surface area contributed by atoms with Crippen molar-refractivity contribution in [2.75, 3.05) is 13.1 Å². The van der Waals surface area contributed by atoms with Gasteiger partial charge in [-0.2, -0.15) is 0 Å². The van der Waals surface area contributed by atoms with Crippen molar-refractivity contribution in [2.45, 2.75) is 26.8 Å². The van der Waals surface area contributed by atoms with Gasteiger partial charge in [0.25, 0.3) is 0 Å². The first-order valence-corrected chi connectivity index (χ1v) is 6.85. The third kappa shape index (κ3) is 5.84. The smallest absolute Gasteiger partial charge is 0.249 e. The Hall–Kier alpha value is -1.88. The summed E-state index contributed by atoms with van der Waals surface area (Å²) < 4.78 is 0. The van der Waals surface area contributed by atoms with Gasteiger partial charge in [0, 0.05) is 31.6 Å². The molecule has 0 saturated heterocycles. The number of nitrogens with one attached hydrogen (secondary N) is 2. The average molecular weight is 277 g/mol. The first kappa shape index (κ1) is 16.2. The van der Waals surface area contributed by atoms with E-state index in [1.807, 2.05) is 12.1 Å². The van der Waals surface area contributed by atoms with Gasteiger partial charge in [-0.3, -0.25) is 9.59 Å². The van der Waals surface area contributed by atoms with E-state index in [-0.39, 0.29) is 5.91 Å². The maximum Gasteiger partial charge on any atom is 0.249 e. The van der Waals surface area contributed by atoms with Crippen LogP contribution >= 0.6 is 0 Å². The number of hydrogen-bond acceptors (Lipinski definition) is 3. The highest BCUT2D eigenvalue weighted by Gasteiger charge is 2.07. The lowest BCUT2D eigenvalue weighted by molar-refractivity contribution is -0.121. The van der Waals surface area contributed by atoms with E-state index >= 15 is 0 Å². The van der Waals surface area contributed by atoms with Crippen LogP contribution in [0.15, 0.2) is 24.3 Å². The van der Waals surface area contributed by atoms with Crippen LogP contribution in [-0.2, 0) is 11.3 Å². The highest BCUT2D eigenvalue weighted by atomic mass is 16.1. The molecule has 0 atom stereocenters. The molecule has 0 heterocycles. The molecule has 1 rings (SSSR count). The van der Waals surface area contributed by atoms with E-state index in [1.165, 1.54) is 0 Å². The Morgan fingerprint density at radius 2 is 1.95 bits per heavy atom. The maximum absolute atomic E-state index is 11.5. The molecule has 0 fully saturated rings. The Morgan fingerprint density at radius 1 is 1.25 bits per heavy atom. The molecule has 0 bridgehead atoms. The lowest BCUT2D eigenvalue weighted by Gasteiger charge is -2.09. The molecule has 0 radical (unpaired) electrons. The zero-order valence-electron chi connectivity index (χ0n) is 12.1. The van der Waals surface area contributed by atoms with Gasteiger partial charge >= 0.3 is 0 Å². The minimum absolute atomic E-state index is 0.0365. The van der Waals surface area contributed by atoms with Crippen molar-refractivity contribution < 1.29 is 9.59 Å². The van der Waals surface area contributed by atoms with Gasteiger partial charge in [0.15, 0.2) is 0 Å². The fourth-order valence-corrected chi connectivity index (χ4v) is 1.75. The summed E-state index contributed by atoms with van der Waals surface area (Å²) >= 11 is 0. The molecule has 0 saturated carbocycles. The van der Waals surface area contributed by atoms with E-state index in [0.717, 1.165) is 5.56 Å². The second kappa shape index (κ2) is 8.32. The van der Waals surface area contributed by atoms with Crippen molar-refractivity contribution >= 4 is 11.8 Å². The van der Waals surface area contributed by atoms with E-state index in [2.05, 4.69) is 24.5 Å². The van der Waals surface area contributed by atoms with E-state index in [1.54, 1.807) is 12.1 Å². The SMILES string of the molecule is CC(C)CNC(=O)CCNCc1ccccc1C(N)=O. The second-order valence-electron chi connectivity index (χ2n) is 5.15. The number of primary amides is 1. The predicted octanol–water partition coefficient (Wildman–Crippen LogP) is 1.04. The predicted molar refractivity (Wildman–Crippen MR) is 79.1 cm³/mol. The third-order valence-corrected chi connectivity index (χ3v) is 2.83. The van der Waals surface area contributed by atoms with Crippen LogP contribution < -0.4 is 16.4 Å². The molecular formula is C15H23N3O2. The normalized spacial score (nSPS) is 10.6. The summed E-state index contributed by atoms with van der Waals surface area (Å²) in [5.41, 5.74) is 6.67. The molecule has 0 aliphatic heterocycles. The number of benzene rings is 1. The molecule has 1 aromatic carbocycles. The summed E-state index contributed by atoms with van der Waals surface area (Å²) in [6.07, 6.45) is 0.422. The topological polar surface area (TPSA) is 84.2 Å². The first-order valence-electron chi connectivity index (χ1n) is 6.85. The molecule has 2 amide bonds. The zero-order valence-corrected chi connectivity index (χ0v) is 12.1. The third-order valence-electron chi connectivity index (χ3n) is 2.83. The average Bonchev–Trinajstić information content (AvgIpc) is 2.41. The van der Waals surface area contributed by atoms with Gasteiger partial charge in [-0.05, 0) is 17.5 Å². The fourth-order valence-electron chi connectivity index (χ4n) is 1.75. The summed E-state index contributed by atoms with van der Waals surface area (Å²) in [5, 5.41) is 6.00. The molecule has 5 heteroatoms. The molecule has 0 aliphatic rings. The summed E-state index contributed by atoms with van der Waals surface area (Å²) in [6, 6.07) is 7.20. The largest absolute Gasteiger partial charge is 0.366 e. The van der Waals surface area contributed by atoms with Gasteiger partial charge < -0.3 is 16.4 Å². The van der Waals surface area contributed by atoms with Crippen LogP contribution in [0.25, 0.3) is 0 Å². The Balaban J connectivity index is 2.31. The van der Waals surface area contributed by atoms with Crippen LogP contribution in [0.3, 0.4) is 0 Å². The number of carbonyl (C=O) groups is 2. The molecule has 20 heavy (non-hydrogen) atoms. The van der Waals surface area contributed by atoms with Crippen LogP contribution in [0.5, 0.6) is 0 Å². The van der Waals surface area contributed by atoms with Gasteiger partial charge in [-0.25, -0.2) is 0 Å². The van der Waals surface area contributed by atoms with Crippen LogP contribution in [0.4, 0.5) is 0 Å². The van der Waals surface area contributed by atoms with Crippen molar-refractivity contribution in [1.29, 1.82) is 0 Å². The quantitative estimate of drug-likeness (QED) is 0.621. The molecule has 4 N–H and O–H groups in total. The lowest BCUT2D eigenvalue weighted by atomic mass is 10.1. The molecule has 110 valence electrons. The molecule has 5 nitrogen and oxygen atoms in total. The molecule has 0 aliphatic carbocycles. The molecule has 1 aromatic rings. The first-order chi connectivity index (χ1) is 9.50. The van der Waals surface area contributed by atoms with Gasteiger partial charge in [0.05, 0.1) is 0 Å². The highest BCUT2D eigenvalue weighted by molar-refractivity contribution is 5.94. The summed E-state index contributed by atoms with van der Waals surface area (Å²) in [5.74, 6) is 0.0563. The Morgan fingerprint density at radius 3 is 2.60 bits per heavy atom. The lowest BCUT2D eigenvalue weighted by Crippen LogP contribution is -2.30. The van der Waals surface area contributed by atoms with Crippen LogP contribution in [0.2, 0.25) is 0 Å². The van der Waals surface area contributed by atoms with Crippen LogP contribution in [0.1, 0.15) is 36.2 Å². The van der Waals surface area contributed by atoms with Crippen LogP contribution in [0, 0.1) is 5.92 Å². The van der Waals surface area contributed by atoms with E-state index < -0.39 is 5.91 Å². The number of nitrogens with two attached hydrogens (primary N) is 1. The minimum atomic E-state index is -0.433. The van der Waals surface area contributed by atoms with Crippen molar-refractivity contribution in [2.24, 2.45) is 11.7 Å². The van der Waals surface area contributed by atoms with Crippen molar-refractivity contribution in [3.63, 3.8) is 0 Å². The maximum atomic E-state index is 11.5. The van der Waals surface area contributed by atoms with E-state index in [9.17, 15) is 9.59 Å². The zero-order chi connectivity index (χ0) is 15.0. The summed E-state index contributed by atoms with van der Waals surface area (Å²) in [6.45, 7) is 5.90. The van der Waals surface area contributed by atoms with Crippen molar-refractivity contribution in [3.8, 4) is 0 Å². The Labute approximate surface area is 119 Å². The van der Waals surface area contributed by atoms with Gasteiger partial charge in [0.1, 0.15) is 0 Å². The number of carbonyl (C=O) groups excluding carboxylic acids is 2. The molecule has 0 unspecified atom stereocenters. The van der Waals surface area contributed by atoms with Crippen LogP contribution in [-0.4, -0.2) is 24.9 Å². The monoisotopic (exact) mass is 277 g/mol. The van der Waals surface area contributed by atoms with E-state index in [0.29, 0.717) is 37.5 Å². The van der Waals surface area contributed by atoms with Gasteiger partial charge in [0.2, 0.25) is 11.8 Å². The number of amides is 2. The number of hydrogen-bond donors (Lipinski definition) is 3. The number of rotatable bonds is 8. The Kier molecular flexibility index (Phi) is 6.73. The highest BCUT2D eigenvalue weighted by Crippen LogP contribution is 2.07.